The molecule has 5 nitrogen and oxygen atoms in total. The van der Waals surface area contributed by atoms with Crippen LogP contribution in [-0.2, 0) is 14.3 Å². The highest BCUT2D eigenvalue weighted by Crippen LogP contribution is 2.43. The van der Waals surface area contributed by atoms with Gasteiger partial charge in [0.25, 0.3) is 0 Å². The van der Waals surface area contributed by atoms with Gasteiger partial charge < -0.3 is 4.74 Å². The molecule has 0 aromatic heterocycles. The van der Waals surface area contributed by atoms with Gasteiger partial charge >= 0.3 is 5.97 Å². The van der Waals surface area contributed by atoms with Crippen LogP contribution in [0.5, 0.6) is 0 Å². The number of aliphatic imine (C=N–C) groups is 1. The van der Waals surface area contributed by atoms with Gasteiger partial charge in [0.15, 0.2) is 5.17 Å². The van der Waals surface area contributed by atoms with Crippen LogP contribution in [-0.4, -0.2) is 33.8 Å². The van der Waals surface area contributed by atoms with Crippen molar-refractivity contribution in [1.29, 1.82) is 0 Å². The number of amidine groups is 1. The normalized spacial score (nSPS) is 23.2. The van der Waals surface area contributed by atoms with Crippen LogP contribution in [0.3, 0.4) is 0 Å². The van der Waals surface area contributed by atoms with Crippen LogP contribution >= 0.6 is 11.8 Å². The summed E-state index contributed by atoms with van der Waals surface area (Å²) in [5.74, 6) is -0.409. The molecule has 1 amide bonds. The molecule has 0 saturated carbocycles. The molecule has 1 aromatic rings. The number of nitrogens with zero attached hydrogens (tertiary/aromatic N) is 2. The molecule has 0 spiro atoms. The maximum atomic E-state index is 12.8. The monoisotopic (exact) mass is 344 g/mol. The number of fused-ring (bicyclic) bond motifs is 1. The molecule has 126 valence electrons. The first kappa shape index (κ1) is 16.8. The molecule has 1 saturated heterocycles. The number of allylic oxidation sites excluding steroid dienone is 1. The van der Waals surface area contributed by atoms with E-state index in [0.29, 0.717) is 16.4 Å². The zero-order chi connectivity index (χ0) is 17.3. The summed E-state index contributed by atoms with van der Waals surface area (Å²) in [5.41, 5.74) is 1.95. The predicted octanol–water partition coefficient (Wildman–Crippen LogP) is 3.29. The molecule has 0 unspecified atom stereocenters. The Morgan fingerprint density at radius 2 is 2.00 bits per heavy atom. The summed E-state index contributed by atoms with van der Waals surface area (Å²) < 4.78 is 5.23. The molecule has 6 heteroatoms. The van der Waals surface area contributed by atoms with Gasteiger partial charge in [0.05, 0.1) is 29.2 Å². The van der Waals surface area contributed by atoms with E-state index in [1.807, 2.05) is 37.3 Å². The molecule has 1 aromatic carbocycles. The zero-order valence-corrected chi connectivity index (χ0v) is 14.8. The zero-order valence-electron chi connectivity index (χ0n) is 14.0. The summed E-state index contributed by atoms with van der Waals surface area (Å²) in [6.45, 7) is 5.84. The van der Waals surface area contributed by atoms with Gasteiger partial charge in [-0.1, -0.05) is 49.0 Å². The molecule has 1 fully saturated rings. The van der Waals surface area contributed by atoms with Crippen molar-refractivity contribution in [2.75, 3.05) is 6.61 Å². The number of amides is 1. The maximum absolute atomic E-state index is 12.8. The molecule has 2 atom stereocenters. The van der Waals surface area contributed by atoms with E-state index >= 15 is 0 Å². The second kappa shape index (κ2) is 6.81. The van der Waals surface area contributed by atoms with Gasteiger partial charge in [-0.2, -0.15) is 0 Å². The highest BCUT2D eigenvalue weighted by atomic mass is 32.2. The molecule has 0 bridgehead atoms. The van der Waals surface area contributed by atoms with Crippen LogP contribution in [0.4, 0.5) is 0 Å². The number of ether oxygens (including phenoxy) is 1. The first-order valence-corrected chi connectivity index (χ1v) is 8.97. The number of benzene rings is 1. The summed E-state index contributed by atoms with van der Waals surface area (Å²) in [6.07, 6.45) is 0.730. The minimum Gasteiger partial charge on any atom is -0.463 e. The Kier molecular flexibility index (Phi) is 4.76. The molecule has 24 heavy (non-hydrogen) atoms. The van der Waals surface area contributed by atoms with Gasteiger partial charge in [-0.25, -0.2) is 9.79 Å². The van der Waals surface area contributed by atoms with E-state index < -0.39 is 12.0 Å². The van der Waals surface area contributed by atoms with Crippen LogP contribution in [0, 0.1) is 0 Å². The van der Waals surface area contributed by atoms with Gasteiger partial charge in [0.2, 0.25) is 5.91 Å². The fraction of sp³-hybridized carbons (Fsp3) is 0.389. The highest BCUT2D eigenvalue weighted by Gasteiger charge is 2.47. The van der Waals surface area contributed by atoms with Crippen molar-refractivity contribution >= 4 is 28.8 Å². The van der Waals surface area contributed by atoms with Crippen molar-refractivity contribution in [3.63, 3.8) is 0 Å². The number of thioether (sulfide) groups is 1. The van der Waals surface area contributed by atoms with Crippen LogP contribution in [0.15, 0.2) is 46.6 Å². The Balaban J connectivity index is 2.12. The fourth-order valence-electron chi connectivity index (χ4n) is 3.01. The van der Waals surface area contributed by atoms with Gasteiger partial charge in [0, 0.05) is 0 Å². The predicted molar refractivity (Wildman–Crippen MR) is 94.5 cm³/mol. The van der Waals surface area contributed by atoms with Crippen LogP contribution < -0.4 is 0 Å². The number of rotatable bonds is 4. The standard InChI is InChI=1S/C18H20N2O3S/c1-4-13-16(21)20-15(12-9-7-6-8-10-12)14(17(22)23-5-2)11(3)19-18(20)24-13/h6-10,13,15H,4-5H2,1-3H3/t13-,15+/m0/s1. The topological polar surface area (TPSA) is 59.0 Å². The van der Waals surface area contributed by atoms with E-state index in [0.717, 1.165) is 12.0 Å². The van der Waals surface area contributed by atoms with Gasteiger partial charge in [0.1, 0.15) is 0 Å². The summed E-state index contributed by atoms with van der Waals surface area (Å²) in [7, 11) is 0. The largest absolute Gasteiger partial charge is 0.463 e. The summed E-state index contributed by atoms with van der Waals surface area (Å²) in [5, 5.41) is 0.524. The van der Waals surface area contributed by atoms with Crippen molar-refractivity contribution in [2.24, 2.45) is 4.99 Å². The smallest absolute Gasteiger partial charge is 0.338 e. The van der Waals surface area contributed by atoms with E-state index in [1.165, 1.54) is 11.8 Å². The Hall–Kier alpha value is -2.08. The number of hydrogen-bond acceptors (Lipinski definition) is 5. The second-order valence-electron chi connectivity index (χ2n) is 5.65. The van der Waals surface area contributed by atoms with Crippen molar-refractivity contribution < 1.29 is 14.3 Å². The number of esters is 1. The van der Waals surface area contributed by atoms with E-state index in [9.17, 15) is 9.59 Å². The second-order valence-corrected chi connectivity index (χ2v) is 6.82. The molecule has 2 aliphatic heterocycles. The molecule has 0 radical (unpaired) electrons. The van der Waals surface area contributed by atoms with Gasteiger partial charge in [-0.3, -0.25) is 9.69 Å². The fourth-order valence-corrected chi connectivity index (χ4v) is 4.14. The third-order valence-corrected chi connectivity index (χ3v) is 5.45. The summed E-state index contributed by atoms with van der Waals surface area (Å²) in [6, 6.07) is 9.11. The Morgan fingerprint density at radius 3 is 2.62 bits per heavy atom. The molecule has 2 heterocycles. The van der Waals surface area contributed by atoms with Crippen LogP contribution in [0.2, 0.25) is 0 Å². The first-order valence-electron chi connectivity index (χ1n) is 8.09. The van der Waals surface area contributed by atoms with Crippen molar-refractivity contribution in [2.45, 2.75) is 38.5 Å². The Morgan fingerprint density at radius 1 is 1.29 bits per heavy atom. The molecule has 0 aliphatic carbocycles. The van der Waals surface area contributed by atoms with Crippen molar-refractivity contribution in [1.82, 2.24) is 4.90 Å². The lowest BCUT2D eigenvalue weighted by atomic mass is 9.94. The molecular formula is C18H20N2O3S. The third-order valence-electron chi connectivity index (χ3n) is 4.13. The van der Waals surface area contributed by atoms with E-state index in [2.05, 4.69) is 4.99 Å². The van der Waals surface area contributed by atoms with Gasteiger partial charge in [-0.15, -0.1) is 0 Å². The van der Waals surface area contributed by atoms with E-state index in [4.69, 9.17) is 4.74 Å². The lowest BCUT2D eigenvalue weighted by Gasteiger charge is -2.33. The minimum atomic E-state index is -0.478. The van der Waals surface area contributed by atoms with Crippen molar-refractivity contribution in [3.8, 4) is 0 Å². The number of hydrogen-bond donors (Lipinski definition) is 0. The average molecular weight is 344 g/mol. The number of carbonyl (C=O) groups is 2. The van der Waals surface area contributed by atoms with E-state index in [1.54, 1.807) is 18.7 Å². The maximum Gasteiger partial charge on any atom is 0.338 e. The highest BCUT2D eigenvalue weighted by molar-refractivity contribution is 8.15. The van der Waals surface area contributed by atoms with E-state index in [-0.39, 0.29) is 17.8 Å². The van der Waals surface area contributed by atoms with Crippen LogP contribution in [0.1, 0.15) is 38.8 Å². The lowest BCUT2D eigenvalue weighted by molar-refractivity contribution is -0.139. The SMILES string of the molecule is CCOC(=O)C1=C(C)N=C2S[C@@H](CC)C(=O)N2[C@@H]1c1ccccc1. The first-order chi connectivity index (χ1) is 11.6. The number of carbonyl (C=O) groups excluding carboxylic acids is 2. The summed E-state index contributed by atoms with van der Waals surface area (Å²) in [4.78, 5) is 31.6. The molecular weight excluding hydrogens is 324 g/mol. The van der Waals surface area contributed by atoms with Gasteiger partial charge in [-0.05, 0) is 25.8 Å². The molecule has 0 N–H and O–H groups in total. The van der Waals surface area contributed by atoms with Crippen molar-refractivity contribution in [3.05, 3.63) is 47.2 Å². The Bertz CT molecular complexity index is 727. The lowest BCUT2D eigenvalue weighted by Crippen LogP contribution is -2.40. The molecule has 2 aliphatic rings. The molecule has 3 rings (SSSR count). The average Bonchev–Trinajstić information content (AvgIpc) is 2.90. The van der Waals surface area contributed by atoms with Crippen LogP contribution in [0.25, 0.3) is 0 Å². The Labute approximate surface area is 145 Å². The summed E-state index contributed by atoms with van der Waals surface area (Å²) >= 11 is 1.47. The minimum absolute atomic E-state index is 0.00408. The third kappa shape index (κ3) is 2.75. The quantitative estimate of drug-likeness (QED) is 0.787.